The lowest BCUT2D eigenvalue weighted by molar-refractivity contribution is -0.136. The van der Waals surface area contributed by atoms with Crippen molar-refractivity contribution in [3.63, 3.8) is 0 Å². The van der Waals surface area contributed by atoms with Gasteiger partial charge >= 0.3 is 5.97 Å². The van der Waals surface area contributed by atoms with Crippen LogP contribution in [0.15, 0.2) is 40.8 Å². The Morgan fingerprint density at radius 1 is 1.14 bits per heavy atom. The molecule has 0 saturated carbocycles. The number of carboxylic acids is 1. The van der Waals surface area contributed by atoms with E-state index in [4.69, 9.17) is 9.52 Å². The number of anilines is 1. The standard InChI is InChI=1S/C17H21NO3/c1-3-15-8-9-16(21-15)12-18(11-10-17(19)20)14-6-4-13(2)5-7-14/h4-9H,3,10-12H2,1-2H3,(H,19,20). The number of hydrogen-bond acceptors (Lipinski definition) is 3. The van der Waals surface area contributed by atoms with Gasteiger partial charge in [-0.2, -0.15) is 0 Å². The Hall–Kier alpha value is -2.23. The SMILES string of the molecule is CCc1ccc(CN(CCC(=O)O)c2ccc(C)cc2)o1. The van der Waals surface area contributed by atoms with Crippen molar-refractivity contribution in [3.05, 3.63) is 53.5 Å². The van der Waals surface area contributed by atoms with Gasteiger partial charge in [0.05, 0.1) is 13.0 Å². The van der Waals surface area contributed by atoms with E-state index in [2.05, 4.69) is 0 Å². The molecular weight excluding hydrogens is 266 g/mol. The van der Waals surface area contributed by atoms with Crippen LogP contribution >= 0.6 is 0 Å². The minimum absolute atomic E-state index is 0.106. The lowest BCUT2D eigenvalue weighted by Gasteiger charge is -2.23. The summed E-state index contributed by atoms with van der Waals surface area (Å²) in [6, 6.07) is 12.0. The summed E-state index contributed by atoms with van der Waals surface area (Å²) < 4.78 is 5.73. The zero-order valence-electron chi connectivity index (χ0n) is 12.5. The smallest absolute Gasteiger partial charge is 0.305 e. The second kappa shape index (κ2) is 6.97. The molecule has 4 heteroatoms. The molecule has 0 atom stereocenters. The molecule has 0 aliphatic carbocycles. The second-order valence-corrected chi connectivity index (χ2v) is 5.12. The van der Waals surface area contributed by atoms with E-state index in [0.29, 0.717) is 13.1 Å². The molecule has 1 aromatic carbocycles. The van der Waals surface area contributed by atoms with Gasteiger partial charge in [-0.05, 0) is 31.2 Å². The highest BCUT2D eigenvalue weighted by Crippen LogP contribution is 2.20. The molecule has 2 aromatic rings. The Kier molecular flexibility index (Phi) is 5.04. The van der Waals surface area contributed by atoms with Crippen LogP contribution in [0.4, 0.5) is 5.69 Å². The van der Waals surface area contributed by atoms with Crippen molar-refractivity contribution in [2.75, 3.05) is 11.4 Å². The van der Waals surface area contributed by atoms with Crippen LogP contribution in [-0.4, -0.2) is 17.6 Å². The van der Waals surface area contributed by atoms with E-state index in [1.807, 2.05) is 55.1 Å². The van der Waals surface area contributed by atoms with Gasteiger partial charge in [-0.15, -0.1) is 0 Å². The van der Waals surface area contributed by atoms with E-state index in [1.54, 1.807) is 0 Å². The summed E-state index contributed by atoms with van der Waals surface area (Å²) in [5.41, 5.74) is 2.19. The maximum atomic E-state index is 10.8. The topological polar surface area (TPSA) is 53.7 Å². The zero-order chi connectivity index (χ0) is 15.2. The molecule has 1 N–H and O–H groups in total. The first kappa shape index (κ1) is 15.2. The number of aliphatic carboxylic acids is 1. The Morgan fingerprint density at radius 2 is 1.81 bits per heavy atom. The van der Waals surface area contributed by atoms with Crippen LogP contribution in [0.3, 0.4) is 0 Å². The predicted octanol–water partition coefficient (Wildman–Crippen LogP) is 3.63. The maximum Gasteiger partial charge on any atom is 0.305 e. The van der Waals surface area contributed by atoms with Crippen LogP contribution in [0.1, 0.15) is 30.4 Å². The molecule has 4 nitrogen and oxygen atoms in total. The van der Waals surface area contributed by atoms with Crippen molar-refractivity contribution in [2.24, 2.45) is 0 Å². The number of carbonyl (C=O) groups is 1. The molecular formula is C17H21NO3. The number of rotatable bonds is 7. The summed E-state index contributed by atoms with van der Waals surface area (Å²) in [7, 11) is 0. The fourth-order valence-corrected chi connectivity index (χ4v) is 2.17. The quantitative estimate of drug-likeness (QED) is 0.845. The van der Waals surface area contributed by atoms with E-state index in [9.17, 15) is 4.79 Å². The lowest BCUT2D eigenvalue weighted by Crippen LogP contribution is -2.25. The van der Waals surface area contributed by atoms with Gasteiger partial charge in [-0.1, -0.05) is 24.6 Å². The molecule has 0 radical (unpaired) electrons. The summed E-state index contributed by atoms with van der Waals surface area (Å²) in [4.78, 5) is 12.9. The van der Waals surface area contributed by atoms with Crippen molar-refractivity contribution < 1.29 is 14.3 Å². The Morgan fingerprint density at radius 3 is 2.38 bits per heavy atom. The normalized spacial score (nSPS) is 10.6. The molecule has 21 heavy (non-hydrogen) atoms. The van der Waals surface area contributed by atoms with E-state index in [0.717, 1.165) is 23.6 Å². The molecule has 2 rings (SSSR count). The van der Waals surface area contributed by atoms with Crippen molar-refractivity contribution in [2.45, 2.75) is 33.2 Å². The van der Waals surface area contributed by atoms with Gasteiger partial charge in [-0.3, -0.25) is 4.79 Å². The van der Waals surface area contributed by atoms with Gasteiger partial charge in [0.15, 0.2) is 0 Å². The van der Waals surface area contributed by atoms with Crippen LogP contribution in [-0.2, 0) is 17.8 Å². The molecule has 0 spiro atoms. The molecule has 1 aromatic heterocycles. The minimum Gasteiger partial charge on any atom is -0.481 e. The van der Waals surface area contributed by atoms with Gasteiger partial charge in [0, 0.05) is 18.7 Å². The Balaban J connectivity index is 2.14. The minimum atomic E-state index is -0.791. The molecule has 112 valence electrons. The van der Waals surface area contributed by atoms with Gasteiger partial charge in [0.2, 0.25) is 0 Å². The zero-order valence-corrected chi connectivity index (χ0v) is 12.5. The number of carboxylic acid groups (broad SMARTS) is 1. The third-order valence-corrected chi connectivity index (χ3v) is 3.41. The van der Waals surface area contributed by atoms with Crippen molar-refractivity contribution >= 4 is 11.7 Å². The summed E-state index contributed by atoms with van der Waals surface area (Å²) in [5, 5.41) is 8.91. The van der Waals surface area contributed by atoms with Gasteiger partial charge in [0.1, 0.15) is 11.5 Å². The highest BCUT2D eigenvalue weighted by molar-refractivity contribution is 5.67. The first-order valence-electron chi connectivity index (χ1n) is 7.19. The molecule has 0 aliphatic rings. The van der Waals surface area contributed by atoms with E-state index < -0.39 is 5.97 Å². The Bertz CT molecular complexity index is 586. The highest BCUT2D eigenvalue weighted by atomic mass is 16.4. The van der Waals surface area contributed by atoms with E-state index in [1.165, 1.54) is 5.56 Å². The van der Waals surface area contributed by atoms with Crippen LogP contribution in [0.5, 0.6) is 0 Å². The Labute approximate surface area is 125 Å². The molecule has 0 bridgehead atoms. The van der Waals surface area contributed by atoms with Crippen molar-refractivity contribution in [1.29, 1.82) is 0 Å². The number of furan rings is 1. The fourth-order valence-electron chi connectivity index (χ4n) is 2.17. The highest BCUT2D eigenvalue weighted by Gasteiger charge is 2.12. The van der Waals surface area contributed by atoms with Crippen molar-refractivity contribution in [3.8, 4) is 0 Å². The van der Waals surface area contributed by atoms with Crippen molar-refractivity contribution in [1.82, 2.24) is 0 Å². The number of benzene rings is 1. The second-order valence-electron chi connectivity index (χ2n) is 5.12. The van der Waals surface area contributed by atoms with E-state index in [-0.39, 0.29) is 6.42 Å². The maximum absolute atomic E-state index is 10.8. The fraction of sp³-hybridized carbons (Fsp3) is 0.353. The van der Waals surface area contributed by atoms with Gasteiger partial charge < -0.3 is 14.4 Å². The van der Waals surface area contributed by atoms with E-state index >= 15 is 0 Å². The molecule has 0 fully saturated rings. The predicted molar refractivity (Wildman–Crippen MR) is 82.6 cm³/mol. The van der Waals surface area contributed by atoms with Gasteiger partial charge in [-0.25, -0.2) is 0 Å². The molecule has 0 amide bonds. The summed E-state index contributed by atoms with van der Waals surface area (Å²) in [6.45, 7) is 5.12. The third kappa shape index (κ3) is 4.38. The number of aryl methyl sites for hydroxylation is 2. The molecule has 0 saturated heterocycles. The summed E-state index contributed by atoms with van der Waals surface area (Å²) >= 11 is 0. The first-order valence-corrected chi connectivity index (χ1v) is 7.19. The van der Waals surface area contributed by atoms with Crippen LogP contribution in [0.25, 0.3) is 0 Å². The van der Waals surface area contributed by atoms with Crippen LogP contribution in [0, 0.1) is 6.92 Å². The summed E-state index contributed by atoms with van der Waals surface area (Å²) in [6.07, 6.45) is 0.967. The molecule has 1 heterocycles. The monoisotopic (exact) mass is 287 g/mol. The van der Waals surface area contributed by atoms with Crippen LogP contribution in [0.2, 0.25) is 0 Å². The lowest BCUT2D eigenvalue weighted by atomic mass is 10.2. The summed E-state index contributed by atoms with van der Waals surface area (Å²) in [5.74, 6) is 1.02. The number of hydrogen-bond donors (Lipinski definition) is 1. The average Bonchev–Trinajstić information content (AvgIpc) is 2.92. The average molecular weight is 287 g/mol. The molecule has 0 aliphatic heterocycles. The first-order chi connectivity index (χ1) is 10.1. The van der Waals surface area contributed by atoms with Gasteiger partial charge in [0.25, 0.3) is 0 Å². The number of nitrogens with zero attached hydrogens (tertiary/aromatic N) is 1. The largest absolute Gasteiger partial charge is 0.481 e. The van der Waals surface area contributed by atoms with Crippen LogP contribution < -0.4 is 4.90 Å². The molecule has 0 unspecified atom stereocenters. The third-order valence-electron chi connectivity index (χ3n) is 3.41.